The summed E-state index contributed by atoms with van der Waals surface area (Å²) < 4.78 is 76.9. The van der Waals surface area contributed by atoms with Gasteiger partial charge in [-0.3, -0.25) is 14.4 Å². The third-order valence-corrected chi connectivity index (χ3v) is 11.1. The maximum absolute atomic E-state index is 14.5. The van der Waals surface area contributed by atoms with Gasteiger partial charge in [0.1, 0.15) is 23.5 Å². The molecule has 2 saturated carbocycles. The summed E-state index contributed by atoms with van der Waals surface area (Å²) in [4.78, 5) is 61.1. The van der Waals surface area contributed by atoms with Crippen LogP contribution in [0.5, 0.6) is 11.6 Å². The molecule has 0 unspecified atom stereocenters. The predicted octanol–water partition coefficient (Wildman–Crippen LogP) is 5.08. The molecule has 17 heteroatoms. The molecule has 0 radical (unpaired) electrons. The van der Waals surface area contributed by atoms with Crippen molar-refractivity contribution in [3.8, 4) is 11.6 Å². The van der Waals surface area contributed by atoms with Gasteiger partial charge in [-0.2, -0.15) is 8.42 Å². The lowest BCUT2D eigenvalue weighted by Gasteiger charge is -2.36. The number of carbonyl (C=O) groups excluding carboxylic acids is 4. The van der Waals surface area contributed by atoms with Crippen LogP contribution in [0.15, 0.2) is 30.5 Å². The summed E-state index contributed by atoms with van der Waals surface area (Å²) in [5.74, 6) is -2.58. The zero-order chi connectivity index (χ0) is 40.0. The second kappa shape index (κ2) is 14.8. The predicted molar refractivity (Wildman–Crippen MR) is 192 cm³/mol. The number of alkyl carbamates (subject to hydrolysis) is 1. The van der Waals surface area contributed by atoms with Gasteiger partial charge < -0.3 is 24.4 Å². The molecule has 1 aromatic carbocycles. The van der Waals surface area contributed by atoms with Gasteiger partial charge in [-0.25, -0.2) is 27.5 Å². The van der Waals surface area contributed by atoms with E-state index in [0.29, 0.717) is 24.0 Å². The number of hydrogen-bond acceptors (Lipinski definition) is 11. The maximum atomic E-state index is 14.5. The molecule has 5 rings (SSSR count). The molecule has 2 aromatic rings. The molecule has 54 heavy (non-hydrogen) atoms. The Hall–Kier alpha value is -4.12. The van der Waals surface area contributed by atoms with Crippen molar-refractivity contribution in [2.75, 3.05) is 13.7 Å². The van der Waals surface area contributed by atoms with Crippen molar-refractivity contribution in [3.05, 3.63) is 30.5 Å². The Labute approximate surface area is 314 Å². The number of likely N-dealkylation sites (tertiary alicyclic amines) is 1. The molecule has 2 heterocycles. The number of nitrogens with one attached hydrogen (secondary N) is 2. The number of benzene rings is 1. The Bertz CT molecular complexity index is 1890. The second-order valence-corrected chi connectivity index (χ2v) is 18.2. The quantitative estimate of drug-likeness (QED) is 0.261. The second-order valence-electron chi connectivity index (χ2n) is 16.9. The number of amides is 3. The molecule has 2 N–H and O–H groups in total. The highest BCUT2D eigenvalue weighted by atomic mass is 32.2. The molecule has 1 aromatic heterocycles. The van der Waals surface area contributed by atoms with E-state index in [9.17, 15) is 36.4 Å². The van der Waals surface area contributed by atoms with Crippen molar-refractivity contribution in [1.29, 1.82) is 0 Å². The van der Waals surface area contributed by atoms with Crippen LogP contribution in [0.2, 0.25) is 0 Å². The highest BCUT2D eigenvalue weighted by Crippen LogP contribution is 2.59. The summed E-state index contributed by atoms with van der Waals surface area (Å²) in [5, 5.41) is 4.04. The Morgan fingerprint density at radius 3 is 2.35 bits per heavy atom. The van der Waals surface area contributed by atoms with E-state index in [0.717, 1.165) is 5.39 Å². The molecule has 1 saturated heterocycles. The number of halogens is 2. The van der Waals surface area contributed by atoms with Gasteiger partial charge in [-0.1, -0.05) is 20.8 Å². The first kappa shape index (κ1) is 41.1. The van der Waals surface area contributed by atoms with Gasteiger partial charge >= 0.3 is 16.4 Å². The van der Waals surface area contributed by atoms with Gasteiger partial charge in [0, 0.05) is 30.8 Å². The van der Waals surface area contributed by atoms with Crippen molar-refractivity contribution in [2.45, 2.75) is 123 Å². The first-order valence-corrected chi connectivity index (χ1v) is 19.3. The van der Waals surface area contributed by atoms with Crippen LogP contribution in [0.25, 0.3) is 10.8 Å². The average molecular weight is 781 g/mol. The molecule has 2 aliphatic carbocycles. The number of alkyl halides is 2. The molecule has 0 spiro atoms. The van der Waals surface area contributed by atoms with Crippen molar-refractivity contribution < 1.29 is 54.8 Å². The highest BCUT2D eigenvalue weighted by molar-refractivity contribution is 7.85. The number of methoxy groups -OCH3 is 1. The van der Waals surface area contributed by atoms with Gasteiger partial charge in [-0.05, 0) is 87.9 Å². The van der Waals surface area contributed by atoms with Crippen LogP contribution < -0.4 is 19.5 Å². The molecule has 3 fully saturated rings. The standard InChI is InChI=1S/C37H50F2N4O10S/c1-34(2,3)29(41-33(47)52-35(4,5)6)31(45)43-20-24(51-30-25-10-9-23(50-8)15-21(25)11-14-40-30)17-26(43)27(44)19-37(18-22(37)16-28(38)39)32(46)42-54(48,49)53-36(7)12-13-36/h9-11,14-15,22,24,26,28-29H,12-13,16-20H2,1-8H3,(H,41,47)(H,42,46)/t22-,24-,26+,29-,37-/m1/s1. The zero-order valence-corrected chi connectivity index (χ0v) is 32.7. The Kier molecular flexibility index (Phi) is 11.3. The topological polar surface area (TPSA) is 180 Å². The van der Waals surface area contributed by atoms with E-state index in [1.807, 2.05) is 4.72 Å². The molecule has 3 aliphatic rings. The molecule has 5 atom stereocenters. The van der Waals surface area contributed by atoms with E-state index in [-0.39, 0.29) is 25.3 Å². The van der Waals surface area contributed by atoms with Crippen molar-refractivity contribution in [3.63, 3.8) is 0 Å². The van der Waals surface area contributed by atoms with Gasteiger partial charge in [0.05, 0.1) is 30.7 Å². The number of hydrogen-bond donors (Lipinski definition) is 2. The third kappa shape index (κ3) is 9.75. The molecule has 0 bridgehead atoms. The summed E-state index contributed by atoms with van der Waals surface area (Å²) in [7, 11) is -3.08. The largest absolute Gasteiger partial charge is 0.497 e. The van der Waals surface area contributed by atoms with Crippen LogP contribution in [0.3, 0.4) is 0 Å². The van der Waals surface area contributed by atoms with Crippen LogP contribution in [0.1, 0.15) is 87.0 Å². The van der Waals surface area contributed by atoms with Crippen molar-refractivity contribution in [1.82, 2.24) is 19.9 Å². The summed E-state index contributed by atoms with van der Waals surface area (Å²) >= 11 is 0. The number of nitrogens with zero attached hydrogens (tertiary/aromatic N) is 2. The average Bonchev–Trinajstić information content (AvgIpc) is 3.88. The highest BCUT2D eigenvalue weighted by Gasteiger charge is 2.63. The molecule has 14 nitrogen and oxygen atoms in total. The summed E-state index contributed by atoms with van der Waals surface area (Å²) in [6.45, 7) is 11.6. The molecular weight excluding hydrogens is 730 g/mol. The van der Waals surface area contributed by atoms with Crippen molar-refractivity contribution >= 4 is 44.8 Å². The van der Waals surface area contributed by atoms with Crippen LogP contribution in [-0.2, 0) is 33.6 Å². The molecule has 298 valence electrons. The van der Waals surface area contributed by atoms with Crippen LogP contribution in [0.4, 0.5) is 13.6 Å². The van der Waals surface area contributed by atoms with E-state index >= 15 is 0 Å². The number of aromatic nitrogens is 1. The Balaban J connectivity index is 1.45. The number of Topliss-reactive ketones (excluding diaryl/α,β-unsaturated/α-hetero) is 1. The Morgan fingerprint density at radius 1 is 1.07 bits per heavy atom. The Morgan fingerprint density at radius 2 is 1.76 bits per heavy atom. The van der Waals surface area contributed by atoms with Crippen molar-refractivity contribution in [2.24, 2.45) is 16.7 Å². The normalized spacial score (nSPS) is 24.1. The summed E-state index contributed by atoms with van der Waals surface area (Å²) in [6.07, 6.45) is -3.64. The fraction of sp³-hybridized carbons (Fsp3) is 0.649. The number of ketones is 1. The van der Waals surface area contributed by atoms with E-state index < -0.39 is 99.4 Å². The number of rotatable bonds is 14. The van der Waals surface area contributed by atoms with Gasteiger partial charge in [0.15, 0.2) is 5.78 Å². The first-order chi connectivity index (χ1) is 24.9. The first-order valence-electron chi connectivity index (χ1n) is 17.9. The number of pyridine rings is 1. The summed E-state index contributed by atoms with van der Waals surface area (Å²) in [5.41, 5.74) is -4.51. The SMILES string of the molecule is COc1ccc2c(O[C@@H]3C[C@@H](C(=O)C[C@]4(C(=O)NS(=O)(=O)OC5(C)CC5)C[C@H]4CC(F)F)N(C(=O)[C@@H](NC(=O)OC(C)(C)C)C(C)(C)C)C3)nccc2c1. The van der Waals surface area contributed by atoms with E-state index in [2.05, 4.69) is 10.3 Å². The van der Waals surface area contributed by atoms with E-state index in [1.54, 1.807) is 72.7 Å². The number of fused-ring (bicyclic) bond motifs is 1. The lowest BCUT2D eigenvalue weighted by atomic mass is 9.85. The van der Waals surface area contributed by atoms with Crippen LogP contribution >= 0.6 is 0 Å². The molecular formula is C37H50F2N4O10S. The maximum Gasteiger partial charge on any atom is 0.408 e. The molecule has 3 amide bonds. The smallest absolute Gasteiger partial charge is 0.408 e. The molecule has 1 aliphatic heterocycles. The van der Waals surface area contributed by atoms with E-state index in [4.69, 9.17) is 18.4 Å². The minimum Gasteiger partial charge on any atom is -0.497 e. The minimum absolute atomic E-state index is 0.0704. The third-order valence-electron chi connectivity index (χ3n) is 10.0. The van der Waals surface area contributed by atoms with Gasteiger partial charge in [0.25, 0.3) is 0 Å². The van der Waals surface area contributed by atoms with E-state index in [1.165, 1.54) is 18.2 Å². The minimum atomic E-state index is -4.62. The van der Waals surface area contributed by atoms with Gasteiger partial charge in [-0.15, -0.1) is 0 Å². The number of ether oxygens (including phenoxy) is 3. The fourth-order valence-corrected chi connectivity index (χ4v) is 8.02. The fourth-order valence-electron chi connectivity index (χ4n) is 6.85. The lowest BCUT2D eigenvalue weighted by molar-refractivity contribution is -0.142. The lowest BCUT2D eigenvalue weighted by Crippen LogP contribution is -2.57. The zero-order valence-electron chi connectivity index (χ0n) is 31.9. The van der Waals surface area contributed by atoms with Crippen LogP contribution in [-0.4, -0.2) is 91.5 Å². The number of carbonyl (C=O) groups is 4. The summed E-state index contributed by atoms with van der Waals surface area (Å²) in [6, 6.07) is 4.62. The monoisotopic (exact) mass is 780 g/mol. The van der Waals surface area contributed by atoms with Gasteiger partial charge in [0.2, 0.25) is 24.1 Å². The van der Waals surface area contributed by atoms with Crippen LogP contribution in [0, 0.1) is 16.7 Å².